The second-order valence-electron chi connectivity index (χ2n) is 6.85. The van der Waals surface area contributed by atoms with Crippen LogP contribution in [0.2, 0.25) is 0 Å². The molecule has 0 bridgehead atoms. The molecule has 1 saturated carbocycles. The molecule has 0 unspecified atom stereocenters. The molecule has 0 saturated heterocycles. The van der Waals surface area contributed by atoms with Crippen molar-refractivity contribution in [1.82, 2.24) is 10.3 Å². The van der Waals surface area contributed by atoms with E-state index >= 15 is 0 Å². The first kappa shape index (κ1) is 15.2. The van der Waals surface area contributed by atoms with Crippen molar-refractivity contribution in [2.45, 2.75) is 44.1 Å². The highest BCUT2D eigenvalue weighted by atomic mass is 16.1. The molecule has 4 rings (SSSR count). The van der Waals surface area contributed by atoms with E-state index in [2.05, 4.69) is 39.9 Å². The normalized spacial score (nSPS) is 19.4. The molecule has 2 aromatic rings. The Labute approximate surface area is 142 Å². The zero-order chi connectivity index (χ0) is 16.4. The number of rotatable bonds is 5. The summed E-state index contributed by atoms with van der Waals surface area (Å²) in [6.07, 6.45) is 7.58. The van der Waals surface area contributed by atoms with E-state index < -0.39 is 0 Å². The first-order valence-corrected chi connectivity index (χ1v) is 8.88. The molecule has 2 aliphatic rings. The maximum atomic E-state index is 12.4. The second kappa shape index (κ2) is 6.63. The molecule has 2 N–H and O–H groups in total. The highest BCUT2D eigenvalue weighted by molar-refractivity contribution is 5.94. The van der Waals surface area contributed by atoms with E-state index in [0.29, 0.717) is 24.1 Å². The van der Waals surface area contributed by atoms with Crippen LogP contribution >= 0.6 is 0 Å². The van der Waals surface area contributed by atoms with E-state index in [4.69, 9.17) is 0 Å². The van der Waals surface area contributed by atoms with Crippen molar-refractivity contribution < 1.29 is 4.79 Å². The van der Waals surface area contributed by atoms with Crippen LogP contribution in [0, 0.1) is 0 Å². The van der Waals surface area contributed by atoms with Crippen molar-refractivity contribution in [2.75, 3.05) is 11.9 Å². The first-order valence-electron chi connectivity index (χ1n) is 8.88. The van der Waals surface area contributed by atoms with Gasteiger partial charge in [0, 0.05) is 24.7 Å². The van der Waals surface area contributed by atoms with Crippen LogP contribution in [0.5, 0.6) is 0 Å². The third-order valence-corrected chi connectivity index (χ3v) is 4.96. The van der Waals surface area contributed by atoms with Crippen molar-refractivity contribution in [2.24, 2.45) is 0 Å². The number of aryl methyl sites for hydroxylation is 1. The van der Waals surface area contributed by atoms with Crippen LogP contribution < -0.4 is 10.6 Å². The Morgan fingerprint density at radius 1 is 1.12 bits per heavy atom. The zero-order valence-electron chi connectivity index (χ0n) is 13.8. The lowest BCUT2D eigenvalue weighted by atomic mass is 9.83. The minimum atomic E-state index is -0.0384. The highest BCUT2D eigenvalue weighted by Crippen LogP contribution is 2.30. The summed E-state index contributed by atoms with van der Waals surface area (Å²) in [4.78, 5) is 16.7. The van der Waals surface area contributed by atoms with E-state index in [1.165, 1.54) is 30.4 Å². The Balaban J connectivity index is 1.36. The van der Waals surface area contributed by atoms with Gasteiger partial charge in [0.25, 0.3) is 5.91 Å². The molecule has 1 amide bonds. The Morgan fingerprint density at radius 3 is 2.79 bits per heavy atom. The molecular formula is C20H23N3O. The van der Waals surface area contributed by atoms with E-state index in [1.54, 1.807) is 6.20 Å². The summed E-state index contributed by atoms with van der Waals surface area (Å²) < 4.78 is 0. The number of nitrogens with one attached hydrogen (secondary N) is 2. The molecule has 1 heterocycles. The third-order valence-electron chi connectivity index (χ3n) is 4.96. The van der Waals surface area contributed by atoms with E-state index in [1.807, 2.05) is 12.1 Å². The average Bonchev–Trinajstić information content (AvgIpc) is 3.44. The monoisotopic (exact) mass is 321 g/mol. The number of pyridine rings is 1. The van der Waals surface area contributed by atoms with E-state index in [9.17, 15) is 4.79 Å². The van der Waals surface area contributed by atoms with Gasteiger partial charge in [0.15, 0.2) is 0 Å². The molecule has 1 fully saturated rings. The molecule has 4 heteroatoms. The highest BCUT2D eigenvalue weighted by Gasteiger charge is 2.22. The van der Waals surface area contributed by atoms with Gasteiger partial charge in [-0.2, -0.15) is 0 Å². The molecule has 1 aromatic carbocycles. The fourth-order valence-corrected chi connectivity index (χ4v) is 3.43. The van der Waals surface area contributed by atoms with Crippen LogP contribution in [0.25, 0.3) is 0 Å². The average molecular weight is 321 g/mol. The van der Waals surface area contributed by atoms with Gasteiger partial charge in [-0.15, -0.1) is 0 Å². The summed E-state index contributed by atoms with van der Waals surface area (Å²) in [6.45, 7) is 0.692. The molecule has 1 atom stereocenters. The summed E-state index contributed by atoms with van der Waals surface area (Å²) in [5.41, 5.74) is 3.45. The molecule has 2 aliphatic carbocycles. The standard InChI is InChI=1S/C20H23N3O/c24-20(16-8-11-19(21-13-16)23-17-9-10-17)22-12-15-6-3-5-14-4-1-2-7-18(14)15/h1-2,4,7-8,11,13,15,17H,3,5-6,9-10,12H2,(H,21,23)(H,22,24)/t15-/m1/s1. The van der Waals surface area contributed by atoms with Crippen LogP contribution in [-0.2, 0) is 6.42 Å². The number of anilines is 1. The van der Waals surface area contributed by atoms with Crippen molar-refractivity contribution in [3.63, 3.8) is 0 Å². The summed E-state index contributed by atoms with van der Waals surface area (Å²) in [6, 6.07) is 12.9. The third kappa shape index (κ3) is 3.42. The number of fused-ring (bicyclic) bond motifs is 1. The Bertz CT molecular complexity index is 722. The fourth-order valence-electron chi connectivity index (χ4n) is 3.43. The van der Waals surface area contributed by atoms with Gasteiger partial charge in [-0.3, -0.25) is 4.79 Å². The lowest BCUT2D eigenvalue weighted by Gasteiger charge is -2.25. The molecule has 1 aromatic heterocycles. The molecule has 24 heavy (non-hydrogen) atoms. The van der Waals surface area contributed by atoms with Crippen LogP contribution in [0.1, 0.15) is 53.1 Å². The Kier molecular flexibility index (Phi) is 4.20. The number of benzene rings is 1. The number of aromatic nitrogens is 1. The summed E-state index contributed by atoms with van der Waals surface area (Å²) in [7, 11) is 0. The number of carbonyl (C=O) groups excluding carboxylic acids is 1. The molecule has 0 aliphatic heterocycles. The van der Waals surface area contributed by atoms with Gasteiger partial charge in [-0.25, -0.2) is 4.98 Å². The largest absolute Gasteiger partial charge is 0.367 e. The quantitative estimate of drug-likeness (QED) is 0.886. The smallest absolute Gasteiger partial charge is 0.252 e. The number of hydrogen-bond acceptors (Lipinski definition) is 3. The zero-order valence-corrected chi connectivity index (χ0v) is 13.8. The maximum Gasteiger partial charge on any atom is 0.252 e. The van der Waals surface area contributed by atoms with Crippen LogP contribution in [-0.4, -0.2) is 23.5 Å². The molecule has 4 nitrogen and oxygen atoms in total. The molecule has 0 spiro atoms. The minimum absolute atomic E-state index is 0.0384. The summed E-state index contributed by atoms with van der Waals surface area (Å²) in [5.74, 6) is 1.24. The first-order chi connectivity index (χ1) is 11.8. The van der Waals surface area contributed by atoms with Gasteiger partial charge in [-0.05, 0) is 55.4 Å². The van der Waals surface area contributed by atoms with Gasteiger partial charge in [-0.1, -0.05) is 24.3 Å². The minimum Gasteiger partial charge on any atom is -0.367 e. The van der Waals surface area contributed by atoms with E-state index in [0.717, 1.165) is 18.7 Å². The molecule has 124 valence electrons. The molecule has 0 radical (unpaired) electrons. The fraction of sp³-hybridized carbons (Fsp3) is 0.400. The van der Waals surface area contributed by atoms with Crippen molar-refractivity contribution >= 4 is 11.7 Å². The lowest BCUT2D eigenvalue weighted by molar-refractivity contribution is 0.0950. The van der Waals surface area contributed by atoms with Crippen molar-refractivity contribution in [3.8, 4) is 0 Å². The van der Waals surface area contributed by atoms with Crippen LogP contribution in [0.4, 0.5) is 5.82 Å². The number of amides is 1. The van der Waals surface area contributed by atoms with Gasteiger partial charge in [0.1, 0.15) is 5.82 Å². The van der Waals surface area contributed by atoms with Crippen LogP contribution in [0.3, 0.4) is 0 Å². The number of hydrogen-bond donors (Lipinski definition) is 2. The van der Waals surface area contributed by atoms with E-state index in [-0.39, 0.29) is 5.91 Å². The van der Waals surface area contributed by atoms with Gasteiger partial charge in [0.05, 0.1) is 5.56 Å². The van der Waals surface area contributed by atoms with Gasteiger partial charge in [0.2, 0.25) is 0 Å². The van der Waals surface area contributed by atoms with Gasteiger partial charge >= 0.3 is 0 Å². The Morgan fingerprint density at radius 2 is 2.00 bits per heavy atom. The molecular weight excluding hydrogens is 298 g/mol. The second-order valence-corrected chi connectivity index (χ2v) is 6.85. The number of carbonyl (C=O) groups is 1. The Hall–Kier alpha value is -2.36. The van der Waals surface area contributed by atoms with Gasteiger partial charge < -0.3 is 10.6 Å². The summed E-state index contributed by atoms with van der Waals surface area (Å²) in [5, 5.41) is 6.42. The van der Waals surface area contributed by atoms with Crippen molar-refractivity contribution in [3.05, 3.63) is 59.3 Å². The summed E-state index contributed by atoms with van der Waals surface area (Å²) >= 11 is 0. The van der Waals surface area contributed by atoms with Crippen LogP contribution in [0.15, 0.2) is 42.6 Å². The predicted molar refractivity (Wildman–Crippen MR) is 95.3 cm³/mol. The maximum absolute atomic E-state index is 12.4. The van der Waals surface area contributed by atoms with Crippen molar-refractivity contribution in [1.29, 1.82) is 0 Å². The predicted octanol–water partition coefficient (Wildman–Crippen LogP) is 3.51. The SMILES string of the molecule is O=C(NC[C@H]1CCCc2ccccc21)c1ccc(NC2CC2)nc1. The lowest BCUT2D eigenvalue weighted by Crippen LogP contribution is -2.30. The topological polar surface area (TPSA) is 54.0 Å². The number of nitrogens with zero attached hydrogens (tertiary/aromatic N) is 1.